The number of rotatable bonds is 1. The number of aromatic nitrogens is 3. The van der Waals surface area contributed by atoms with E-state index in [-0.39, 0.29) is 22.8 Å². The Morgan fingerprint density at radius 3 is 2.50 bits per heavy atom. The third-order valence-corrected chi connectivity index (χ3v) is 2.89. The van der Waals surface area contributed by atoms with Gasteiger partial charge in [-0.1, -0.05) is 18.2 Å². The summed E-state index contributed by atoms with van der Waals surface area (Å²) in [4.78, 5) is 0. The molecular weight excluding hydrogens is 271 g/mol. The van der Waals surface area contributed by atoms with Gasteiger partial charge in [-0.05, 0) is 18.2 Å². The molecule has 4 nitrogen and oxygen atoms in total. The van der Waals surface area contributed by atoms with Gasteiger partial charge < -0.3 is 5.11 Å². The van der Waals surface area contributed by atoms with Crippen LogP contribution in [0.1, 0.15) is 5.56 Å². The molecule has 0 atom stereocenters. The molecule has 0 aliphatic carbocycles. The van der Waals surface area contributed by atoms with E-state index in [9.17, 15) is 18.3 Å². The van der Waals surface area contributed by atoms with Crippen molar-refractivity contribution in [1.82, 2.24) is 14.6 Å². The zero-order valence-electron chi connectivity index (χ0n) is 9.96. The first-order chi connectivity index (χ1) is 9.48. The number of alkyl halides is 3. The van der Waals surface area contributed by atoms with Crippen LogP contribution < -0.4 is 0 Å². The van der Waals surface area contributed by atoms with Gasteiger partial charge in [0.05, 0.1) is 5.56 Å². The Kier molecular flexibility index (Phi) is 2.63. The highest BCUT2D eigenvalue weighted by Crippen LogP contribution is 2.36. The van der Waals surface area contributed by atoms with Gasteiger partial charge >= 0.3 is 6.18 Å². The molecule has 0 unspecified atom stereocenters. The molecule has 0 saturated heterocycles. The summed E-state index contributed by atoms with van der Waals surface area (Å²) in [5.41, 5.74) is -0.768. The molecule has 2 aromatic heterocycles. The van der Waals surface area contributed by atoms with Crippen molar-refractivity contribution in [2.24, 2.45) is 0 Å². The molecule has 3 rings (SSSR count). The standard InChI is InChI=1S/C13H8F3N3O/c14-13(15,16)9-5-2-1-4-8(9)11-17-18-12-10(20)6-3-7-19(11)12/h1-7,20H. The number of benzene rings is 1. The summed E-state index contributed by atoms with van der Waals surface area (Å²) in [6.07, 6.45) is -2.99. The maximum absolute atomic E-state index is 13.0. The molecule has 0 spiro atoms. The van der Waals surface area contributed by atoms with Crippen LogP contribution in [0.4, 0.5) is 13.2 Å². The fourth-order valence-electron chi connectivity index (χ4n) is 2.01. The van der Waals surface area contributed by atoms with E-state index >= 15 is 0 Å². The Bertz CT molecular complexity index is 780. The maximum atomic E-state index is 13.0. The Hall–Kier alpha value is -2.57. The predicted molar refractivity (Wildman–Crippen MR) is 65.1 cm³/mol. The number of hydrogen-bond donors (Lipinski definition) is 1. The molecule has 102 valence electrons. The van der Waals surface area contributed by atoms with Crippen molar-refractivity contribution < 1.29 is 18.3 Å². The minimum atomic E-state index is -4.49. The van der Waals surface area contributed by atoms with E-state index in [0.717, 1.165) is 6.07 Å². The topological polar surface area (TPSA) is 50.4 Å². The molecule has 0 amide bonds. The van der Waals surface area contributed by atoms with Crippen molar-refractivity contribution in [3.63, 3.8) is 0 Å². The van der Waals surface area contributed by atoms with Gasteiger partial charge in [-0.15, -0.1) is 10.2 Å². The molecule has 1 N–H and O–H groups in total. The Morgan fingerprint density at radius 1 is 1.00 bits per heavy atom. The highest BCUT2D eigenvalue weighted by molar-refractivity contribution is 5.66. The smallest absolute Gasteiger partial charge is 0.417 e. The Balaban J connectivity index is 2.30. The van der Waals surface area contributed by atoms with E-state index < -0.39 is 11.7 Å². The minimum absolute atomic E-state index is 0.0313. The summed E-state index contributed by atoms with van der Waals surface area (Å²) in [5.74, 6) is -0.112. The summed E-state index contributed by atoms with van der Waals surface area (Å²) in [6.45, 7) is 0. The van der Waals surface area contributed by atoms with Crippen LogP contribution in [0.5, 0.6) is 5.75 Å². The van der Waals surface area contributed by atoms with Crippen LogP contribution in [0.25, 0.3) is 17.0 Å². The average Bonchev–Trinajstić information content (AvgIpc) is 2.83. The van der Waals surface area contributed by atoms with Crippen LogP contribution in [0.3, 0.4) is 0 Å². The zero-order chi connectivity index (χ0) is 14.3. The van der Waals surface area contributed by atoms with Crippen molar-refractivity contribution in [3.8, 4) is 17.1 Å². The van der Waals surface area contributed by atoms with Crippen molar-refractivity contribution in [2.75, 3.05) is 0 Å². The Morgan fingerprint density at radius 2 is 1.75 bits per heavy atom. The second-order valence-corrected chi connectivity index (χ2v) is 4.15. The van der Waals surface area contributed by atoms with Gasteiger partial charge in [0.15, 0.2) is 11.6 Å². The zero-order valence-corrected chi connectivity index (χ0v) is 9.96. The normalized spacial score (nSPS) is 11.9. The lowest BCUT2D eigenvalue weighted by Gasteiger charge is -2.11. The van der Waals surface area contributed by atoms with E-state index in [4.69, 9.17) is 0 Å². The maximum Gasteiger partial charge on any atom is 0.417 e. The fourth-order valence-corrected chi connectivity index (χ4v) is 2.01. The monoisotopic (exact) mass is 279 g/mol. The molecule has 1 aromatic carbocycles. The van der Waals surface area contributed by atoms with E-state index in [1.165, 1.54) is 40.9 Å². The van der Waals surface area contributed by atoms with Gasteiger partial charge in [0.25, 0.3) is 0 Å². The number of aromatic hydroxyl groups is 1. The lowest BCUT2D eigenvalue weighted by atomic mass is 10.1. The number of halogens is 3. The van der Waals surface area contributed by atoms with Gasteiger partial charge in [-0.25, -0.2) is 0 Å². The van der Waals surface area contributed by atoms with Crippen molar-refractivity contribution in [2.45, 2.75) is 6.18 Å². The average molecular weight is 279 g/mol. The highest BCUT2D eigenvalue weighted by atomic mass is 19.4. The van der Waals surface area contributed by atoms with Crippen LogP contribution in [-0.2, 0) is 6.18 Å². The van der Waals surface area contributed by atoms with E-state index in [0.29, 0.717) is 0 Å². The van der Waals surface area contributed by atoms with Gasteiger partial charge in [-0.3, -0.25) is 4.40 Å². The summed E-state index contributed by atoms with van der Waals surface area (Å²) in [5, 5.41) is 17.1. The van der Waals surface area contributed by atoms with Crippen molar-refractivity contribution >= 4 is 5.65 Å². The summed E-state index contributed by atoms with van der Waals surface area (Å²) in [6, 6.07) is 8.01. The molecule has 2 heterocycles. The summed E-state index contributed by atoms with van der Waals surface area (Å²) < 4.78 is 40.4. The van der Waals surface area contributed by atoms with Gasteiger partial charge in [0.2, 0.25) is 5.65 Å². The molecule has 0 saturated carbocycles. The first kappa shape index (κ1) is 12.5. The summed E-state index contributed by atoms with van der Waals surface area (Å²) >= 11 is 0. The highest BCUT2D eigenvalue weighted by Gasteiger charge is 2.34. The van der Waals surface area contributed by atoms with Gasteiger partial charge in [0, 0.05) is 11.8 Å². The van der Waals surface area contributed by atoms with Crippen LogP contribution in [0, 0.1) is 0 Å². The minimum Gasteiger partial charge on any atom is -0.504 e. The lowest BCUT2D eigenvalue weighted by molar-refractivity contribution is -0.137. The van der Waals surface area contributed by atoms with Crippen molar-refractivity contribution in [1.29, 1.82) is 0 Å². The molecule has 0 aliphatic rings. The van der Waals surface area contributed by atoms with Crippen LogP contribution >= 0.6 is 0 Å². The SMILES string of the molecule is Oc1cccn2c(-c3ccccc3C(F)(F)F)nnc12. The van der Waals surface area contributed by atoms with E-state index in [1.807, 2.05) is 0 Å². The Labute approximate surface area is 111 Å². The third kappa shape index (κ3) is 1.87. The predicted octanol–water partition coefficient (Wildman–Crippen LogP) is 3.12. The molecule has 20 heavy (non-hydrogen) atoms. The van der Waals surface area contributed by atoms with Crippen molar-refractivity contribution in [3.05, 3.63) is 48.2 Å². The molecular formula is C13H8F3N3O. The molecule has 0 radical (unpaired) electrons. The second-order valence-electron chi connectivity index (χ2n) is 4.15. The van der Waals surface area contributed by atoms with Crippen LogP contribution in [-0.4, -0.2) is 19.7 Å². The van der Waals surface area contributed by atoms with Gasteiger partial charge in [-0.2, -0.15) is 13.2 Å². The van der Waals surface area contributed by atoms with Crippen LogP contribution in [0.2, 0.25) is 0 Å². The third-order valence-electron chi connectivity index (χ3n) is 2.89. The van der Waals surface area contributed by atoms with E-state index in [2.05, 4.69) is 10.2 Å². The number of nitrogens with zero attached hydrogens (tertiary/aromatic N) is 3. The first-order valence-corrected chi connectivity index (χ1v) is 5.68. The molecule has 3 aromatic rings. The van der Waals surface area contributed by atoms with E-state index in [1.54, 1.807) is 0 Å². The first-order valence-electron chi connectivity index (χ1n) is 5.68. The van der Waals surface area contributed by atoms with Crippen LogP contribution in [0.15, 0.2) is 42.6 Å². The number of pyridine rings is 1. The summed E-state index contributed by atoms with van der Waals surface area (Å²) in [7, 11) is 0. The lowest BCUT2D eigenvalue weighted by Crippen LogP contribution is -2.07. The second kappa shape index (κ2) is 4.22. The van der Waals surface area contributed by atoms with Gasteiger partial charge in [0.1, 0.15) is 0 Å². The number of hydrogen-bond acceptors (Lipinski definition) is 3. The molecule has 7 heteroatoms. The number of fused-ring (bicyclic) bond motifs is 1. The molecule has 0 aliphatic heterocycles. The largest absolute Gasteiger partial charge is 0.504 e. The fraction of sp³-hybridized carbons (Fsp3) is 0.0769. The quantitative estimate of drug-likeness (QED) is 0.744. The molecule has 0 bridgehead atoms. The molecule has 0 fully saturated rings.